The standard InChI is InChI=1S/C16H22N2/c1-13-2-3-16-15(12-13)7-11-18(16)10-6-14-4-8-17-9-5-14/h2-3,7,11-12,14,17H,4-6,8-10H2,1H3. The van der Waals surface area contributed by atoms with Gasteiger partial charge < -0.3 is 9.88 Å². The van der Waals surface area contributed by atoms with Crippen LogP contribution in [0.3, 0.4) is 0 Å². The van der Waals surface area contributed by atoms with Crippen LogP contribution in [0.1, 0.15) is 24.8 Å². The summed E-state index contributed by atoms with van der Waals surface area (Å²) in [6, 6.07) is 8.98. The van der Waals surface area contributed by atoms with Crippen LogP contribution in [-0.2, 0) is 6.54 Å². The van der Waals surface area contributed by atoms with Crippen molar-refractivity contribution in [1.82, 2.24) is 9.88 Å². The molecular weight excluding hydrogens is 220 g/mol. The molecule has 3 rings (SSSR count). The van der Waals surface area contributed by atoms with Gasteiger partial charge in [-0.3, -0.25) is 0 Å². The van der Waals surface area contributed by atoms with Crippen LogP contribution >= 0.6 is 0 Å². The van der Waals surface area contributed by atoms with Crippen LogP contribution in [0.25, 0.3) is 10.9 Å². The van der Waals surface area contributed by atoms with Crippen molar-refractivity contribution in [1.29, 1.82) is 0 Å². The average molecular weight is 242 g/mol. The van der Waals surface area contributed by atoms with Crippen LogP contribution in [0.15, 0.2) is 30.5 Å². The molecule has 1 aromatic heterocycles. The number of benzene rings is 1. The van der Waals surface area contributed by atoms with Crippen molar-refractivity contribution in [3.05, 3.63) is 36.0 Å². The molecule has 1 aliphatic rings. The van der Waals surface area contributed by atoms with E-state index in [1.54, 1.807) is 0 Å². The zero-order chi connectivity index (χ0) is 12.4. The number of rotatable bonds is 3. The van der Waals surface area contributed by atoms with Crippen LogP contribution in [0.2, 0.25) is 0 Å². The summed E-state index contributed by atoms with van der Waals surface area (Å²) in [5.41, 5.74) is 2.73. The maximum absolute atomic E-state index is 3.44. The number of hydrogen-bond donors (Lipinski definition) is 1. The Labute approximate surface area is 109 Å². The Balaban J connectivity index is 1.70. The minimum Gasteiger partial charge on any atom is -0.347 e. The monoisotopic (exact) mass is 242 g/mol. The smallest absolute Gasteiger partial charge is 0.0480 e. The summed E-state index contributed by atoms with van der Waals surface area (Å²) in [4.78, 5) is 0. The molecule has 96 valence electrons. The third-order valence-electron chi connectivity index (χ3n) is 4.16. The maximum atomic E-state index is 3.44. The van der Waals surface area contributed by atoms with E-state index in [0.717, 1.165) is 12.5 Å². The Bertz CT molecular complexity index is 521. The molecule has 1 N–H and O–H groups in total. The van der Waals surface area contributed by atoms with Gasteiger partial charge >= 0.3 is 0 Å². The van der Waals surface area contributed by atoms with E-state index in [-0.39, 0.29) is 0 Å². The first-order valence-electron chi connectivity index (χ1n) is 7.09. The zero-order valence-electron chi connectivity index (χ0n) is 11.2. The van der Waals surface area contributed by atoms with Crippen molar-refractivity contribution in [3.8, 4) is 0 Å². The second-order valence-electron chi connectivity index (χ2n) is 5.55. The fourth-order valence-electron chi connectivity index (χ4n) is 3.01. The molecular formula is C16H22N2. The van der Waals surface area contributed by atoms with E-state index in [9.17, 15) is 0 Å². The summed E-state index contributed by atoms with van der Waals surface area (Å²) in [5.74, 6) is 0.911. The second kappa shape index (κ2) is 5.15. The predicted molar refractivity (Wildman–Crippen MR) is 76.9 cm³/mol. The van der Waals surface area contributed by atoms with Crippen molar-refractivity contribution in [3.63, 3.8) is 0 Å². The lowest BCUT2D eigenvalue weighted by molar-refractivity contribution is 0.339. The summed E-state index contributed by atoms with van der Waals surface area (Å²) in [7, 11) is 0. The van der Waals surface area contributed by atoms with Gasteiger partial charge in [-0.2, -0.15) is 0 Å². The fraction of sp³-hybridized carbons (Fsp3) is 0.500. The van der Waals surface area contributed by atoms with E-state index in [1.807, 2.05) is 0 Å². The quantitative estimate of drug-likeness (QED) is 0.873. The Hall–Kier alpha value is -1.28. The summed E-state index contributed by atoms with van der Waals surface area (Å²) < 4.78 is 2.41. The Morgan fingerprint density at radius 3 is 2.89 bits per heavy atom. The van der Waals surface area contributed by atoms with E-state index in [4.69, 9.17) is 0 Å². The Kier molecular flexibility index (Phi) is 3.37. The first kappa shape index (κ1) is 11.8. The molecule has 1 aliphatic heterocycles. The summed E-state index contributed by atoms with van der Waals surface area (Å²) in [5, 5.41) is 4.81. The number of aromatic nitrogens is 1. The minimum atomic E-state index is 0.911. The van der Waals surface area contributed by atoms with E-state index in [2.05, 4.69) is 47.3 Å². The summed E-state index contributed by atoms with van der Waals surface area (Å²) in [6.45, 7) is 5.73. The first-order valence-corrected chi connectivity index (χ1v) is 7.09. The summed E-state index contributed by atoms with van der Waals surface area (Å²) in [6.07, 6.45) is 6.25. The van der Waals surface area contributed by atoms with Gasteiger partial charge in [0.05, 0.1) is 0 Å². The van der Waals surface area contributed by atoms with Crippen molar-refractivity contribution >= 4 is 10.9 Å². The van der Waals surface area contributed by atoms with E-state index < -0.39 is 0 Å². The second-order valence-corrected chi connectivity index (χ2v) is 5.55. The number of piperidine rings is 1. The van der Waals surface area contributed by atoms with Gasteiger partial charge in [-0.25, -0.2) is 0 Å². The Morgan fingerprint density at radius 2 is 2.06 bits per heavy atom. The van der Waals surface area contributed by atoms with Crippen molar-refractivity contribution < 1.29 is 0 Å². The van der Waals surface area contributed by atoms with Gasteiger partial charge in [-0.05, 0) is 68.8 Å². The number of hydrogen-bond acceptors (Lipinski definition) is 1. The molecule has 0 spiro atoms. The van der Waals surface area contributed by atoms with Gasteiger partial charge in [0.25, 0.3) is 0 Å². The first-order chi connectivity index (χ1) is 8.83. The SMILES string of the molecule is Cc1ccc2c(ccn2CCC2CCNCC2)c1. The van der Waals surface area contributed by atoms with E-state index in [0.29, 0.717) is 0 Å². The molecule has 18 heavy (non-hydrogen) atoms. The molecule has 0 bridgehead atoms. The summed E-state index contributed by atoms with van der Waals surface area (Å²) >= 11 is 0. The van der Waals surface area contributed by atoms with Crippen molar-refractivity contribution in [2.24, 2.45) is 5.92 Å². The minimum absolute atomic E-state index is 0.911. The molecule has 0 atom stereocenters. The molecule has 0 amide bonds. The third kappa shape index (κ3) is 2.44. The number of aryl methyl sites for hydroxylation is 2. The van der Waals surface area contributed by atoms with Crippen LogP contribution < -0.4 is 5.32 Å². The van der Waals surface area contributed by atoms with Gasteiger partial charge in [-0.15, -0.1) is 0 Å². The highest BCUT2D eigenvalue weighted by molar-refractivity contribution is 5.80. The largest absolute Gasteiger partial charge is 0.347 e. The normalized spacial score (nSPS) is 17.4. The molecule has 0 radical (unpaired) electrons. The molecule has 1 fully saturated rings. The molecule has 1 saturated heterocycles. The lowest BCUT2D eigenvalue weighted by Gasteiger charge is -2.22. The van der Waals surface area contributed by atoms with Gasteiger partial charge in [0.1, 0.15) is 0 Å². The number of fused-ring (bicyclic) bond motifs is 1. The fourth-order valence-corrected chi connectivity index (χ4v) is 3.01. The molecule has 2 heterocycles. The molecule has 2 nitrogen and oxygen atoms in total. The maximum Gasteiger partial charge on any atom is 0.0480 e. The Morgan fingerprint density at radius 1 is 1.22 bits per heavy atom. The lowest BCUT2D eigenvalue weighted by atomic mass is 9.95. The van der Waals surface area contributed by atoms with Gasteiger partial charge in [0.2, 0.25) is 0 Å². The van der Waals surface area contributed by atoms with Crippen molar-refractivity contribution in [2.75, 3.05) is 13.1 Å². The van der Waals surface area contributed by atoms with E-state index >= 15 is 0 Å². The predicted octanol–water partition coefficient (Wildman–Crippen LogP) is 3.34. The average Bonchev–Trinajstić information content (AvgIpc) is 2.80. The molecule has 0 aliphatic carbocycles. The highest BCUT2D eigenvalue weighted by atomic mass is 15.0. The van der Waals surface area contributed by atoms with Crippen LogP contribution in [0.5, 0.6) is 0 Å². The topological polar surface area (TPSA) is 17.0 Å². The van der Waals surface area contributed by atoms with Crippen LogP contribution in [0.4, 0.5) is 0 Å². The molecule has 0 unspecified atom stereocenters. The highest BCUT2D eigenvalue weighted by Crippen LogP contribution is 2.21. The van der Waals surface area contributed by atoms with Gasteiger partial charge in [0.15, 0.2) is 0 Å². The number of nitrogens with one attached hydrogen (secondary N) is 1. The van der Waals surface area contributed by atoms with Crippen LogP contribution in [-0.4, -0.2) is 17.7 Å². The van der Waals surface area contributed by atoms with Crippen molar-refractivity contribution in [2.45, 2.75) is 32.7 Å². The van der Waals surface area contributed by atoms with Gasteiger partial charge in [-0.1, -0.05) is 11.6 Å². The van der Waals surface area contributed by atoms with Crippen LogP contribution in [0, 0.1) is 12.8 Å². The highest BCUT2D eigenvalue weighted by Gasteiger charge is 2.13. The van der Waals surface area contributed by atoms with E-state index in [1.165, 1.54) is 48.8 Å². The molecule has 0 saturated carbocycles. The zero-order valence-corrected chi connectivity index (χ0v) is 11.2. The molecule has 2 aromatic rings. The lowest BCUT2D eigenvalue weighted by Crippen LogP contribution is -2.28. The molecule has 1 aromatic carbocycles. The van der Waals surface area contributed by atoms with Gasteiger partial charge in [0, 0.05) is 18.3 Å². The third-order valence-corrected chi connectivity index (χ3v) is 4.16. The molecule has 2 heteroatoms. The number of nitrogens with zero attached hydrogens (tertiary/aromatic N) is 1.